The van der Waals surface area contributed by atoms with E-state index in [1.165, 1.54) is 21.2 Å². The lowest BCUT2D eigenvalue weighted by Crippen LogP contribution is -2.54. The molecule has 5 heterocycles. The van der Waals surface area contributed by atoms with Gasteiger partial charge in [-0.1, -0.05) is 0 Å². The molecule has 0 unspecified atom stereocenters. The highest BCUT2D eigenvalue weighted by Gasteiger charge is 2.26. The van der Waals surface area contributed by atoms with Crippen LogP contribution in [0.2, 0.25) is 0 Å². The average Bonchev–Trinajstić information content (AvgIpc) is 3.30. The Hall–Kier alpha value is -3.33. The number of nitrogens with one attached hydrogen (secondary N) is 1. The quantitative estimate of drug-likeness (QED) is 0.512. The number of piperazine rings is 1. The number of carbonyl (C=O) groups excluding carboxylic acids is 1. The van der Waals surface area contributed by atoms with Crippen LogP contribution in [0.4, 0.5) is 14.5 Å². The summed E-state index contributed by atoms with van der Waals surface area (Å²) >= 11 is 0. The number of hydrogen-bond donors (Lipinski definition) is 1. The van der Waals surface area contributed by atoms with Crippen LogP contribution in [0.15, 0.2) is 36.9 Å². The Morgan fingerprint density at radius 2 is 1.94 bits per heavy atom. The summed E-state index contributed by atoms with van der Waals surface area (Å²) in [5, 5.41) is 3.43. The molecule has 0 bridgehead atoms. The summed E-state index contributed by atoms with van der Waals surface area (Å²) in [6, 6.07) is 3.27. The maximum atomic E-state index is 15.4. The van der Waals surface area contributed by atoms with Gasteiger partial charge in [-0.15, -0.1) is 0 Å². The molecule has 0 radical (unpaired) electrons. The van der Waals surface area contributed by atoms with E-state index in [1.54, 1.807) is 25.4 Å². The molecule has 1 saturated heterocycles. The summed E-state index contributed by atoms with van der Waals surface area (Å²) in [7, 11) is 0. The molecule has 1 fully saturated rings. The third-order valence-corrected chi connectivity index (χ3v) is 5.62. The molecule has 5 rings (SSSR count). The van der Waals surface area contributed by atoms with Crippen molar-refractivity contribution >= 4 is 22.6 Å². The number of hydrogen-bond acceptors (Lipinski definition) is 5. The topological polar surface area (TPSA) is 66.9 Å². The van der Waals surface area contributed by atoms with Crippen LogP contribution in [-0.4, -0.2) is 49.7 Å². The number of pyridine rings is 2. The van der Waals surface area contributed by atoms with Crippen LogP contribution in [0.3, 0.4) is 0 Å². The van der Waals surface area contributed by atoms with Gasteiger partial charge in [0.25, 0.3) is 0 Å². The Morgan fingerprint density at radius 1 is 1.19 bits per heavy atom. The Morgan fingerprint density at radius 3 is 2.68 bits per heavy atom. The van der Waals surface area contributed by atoms with Gasteiger partial charge < -0.3 is 14.6 Å². The zero-order valence-corrected chi connectivity index (χ0v) is 17.4. The predicted molar refractivity (Wildman–Crippen MR) is 113 cm³/mol. The molecule has 0 saturated carbocycles. The smallest absolute Gasteiger partial charge is 0.230 e. The van der Waals surface area contributed by atoms with E-state index in [0.29, 0.717) is 24.5 Å². The first kappa shape index (κ1) is 19.6. The van der Waals surface area contributed by atoms with Crippen molar-refractivity contribution in [3.05, 3.63) is 65.6 Å². The van der Waals surface area contributed by atoms with Crippen molar-refractivity contribution in [3.8, 4) is 0 Å². The van der Waals surface area contributed by atoms with Crippen molar-refractivity contribution in [1.82, 2.24) is 24.1 Å². The fourth-order valence-corrected chi connectivity index (χ4v) is 4.39. The fraction of sp³-hybridized carbons (Fsp3) is 0.318. The summed E-state index contributed by atoms with van der Waals surface area (Å²) in [4.78, 5) is 23.3. The number of ketones is 1. The van der Waals surface area contributed by atoms with E-state index in [2.05, 4.69) is 29.1 Å². The SMILES string of the molecule is Cc1cn2cc(C(=O)c3ncc4c(F)c(N5C[C@H](C)N[C@@H](C)C5)ccn34)cc(F)c2n1. The number of carbonyl (C=O) groups is 1. The van der Waals surface area contributed by atoms with Crippen molar-refractivity contribution in [2.75, 3.05) is 18.0 Å². The molecule has 2 atom stereocenters. The number of rotatable bonds is 3. The lowest BCUT2D eigenvalue weighted by molar-refractivity contribution is 0.102. The monoisotopic (exact) mass is 424 g/mol. The molecular weight excluding hydrogens is 402 g/mol. The van der Waals surface area contributed by atoms with Crippen LogP contribution in [0, 0.1) is 18.6 Å². The van der Waals surface area contributed by atoms with Gasteiger partial charge in [0.2, 0.25) is 5.78 Å². The molecule has 0 amide bonds. The lowest BCUT2D eigenvalue weighted by Gasteiger charge is -2.37. The highest BCUT2D eigenvalue weighted by Crippen LogP contribution is 2.26. The minimum Gasteiger partial charge on any atom is -0.366 e. The number of imidazole rings is 2. The van der Waals surface area contributed by atoms with Crippen molar-refractivity contribution in [2.24, 2.45) is 0 Å². The number of anilines is 1. The van der Waals surface area contributed by atoms with Crippen LogP contribution in [-0.2, 0) is 0 Å². The molecule has 0 aliphatic carbocycles. The summed E-state index contributed by atoms with van der Waals surface area (Å²) in [6.07, 6.45) is 6.13. The first-order valence-electron chi connectivity index (χ1n) is 10.2. The Kier molecular flexibility index (Phi) is 4.51. The van der Waals surface area contributed by atoms with Gasteiger partial charge in [-0.3, -0.25) is 9.20 Å². The van der Waals surface area contributed by atoms with Crippen molar-refractivity contribution in [2.45, 2.75) is 32.9 Å². The zero-order chi connectivity index (χ0) is 21.9. The van der Waals surface area contributed by atoms with Crippen LogP contribution in [0.5, 0.6) is 0 Å². The van der Waals surface area contributed by atoms with Gasteiger partial charge in [-0.25, -0.2) is 18.7 Å². The Labute approximate surface area is 177 Å². The summed E-state index contributed by atoms with van der Waals surface area (Å²) < 4.78 is 32.7. The molecule has 1 aliphatic rings. The van der Waals surface area contributed by atoms with E-state index in [4.69, 9.17) is 0 Å². The van der Waals surface area contributed by atoms with Gasteiger partial charge >= 0.3 is 0 Å². The molecule has 4 aromatic heterocycles. The van der Waals surface area contributed by atoms with Crippen LogP contribution in [0.25, 0.3) is 11.2 Å². The van der Waals surface area contributed by atoms with Crippen molar-refractivity contribution < 1.29 is 13.6 Å². The third-order valence-electron chi connectivity index (χ3n) is 5.62. The second-order valence-electron chi connectivity index (χ2n) is 8.24. The average molecular weight is 424 g/mol. The van der Waals surface area contributed by atoms with E-state index >= 15 is 4.39 Å². The Balaban J connectivity index is 1.54. The highest BCUT2D eigenvalue weighted by molar-refractivity contribution is 6.07. The van der Waals surface area contributed by atoms with E-state index in [-0.39, 0.29) is 34.6 Å². The van der Waals surface area contributed by atoms with E-state index < -0.39 is 17.4 Å². The number of aromatic nitrogens is 4. The van der Waals surface area contributed by atoms with Gasteiger partial charge in [-0.05, 0) is 32.9 Å². The molecule has 31 heavy (non-hydrogen) atoms. The van der Waals surface area contributed by atoms with E-state index in [9.17, 15) is 9.18 Å². The molecule has 0 aromatic carbocycles. The number of fused-ring (bicyclic) bond motifs is 2. The molecule has 1 N–H and O–H groups in total. The second kappa shape index (κ2) is 7.12. The van der Waals surface area contributed by atoms with Crippen LogP contribution in [0.1, 0.15) is 35.7 Å². The summed E-state index contributed by atoms with van der Waals surface area (Å²) in [6.45, 7) is 7.23. The minimum atomic E-state index is -0.602. The minimum absolute atomic E-state index is 0.0260. The molecule has 4 aromatic rings. The predicted octanol–water partition coefficient (Wildman–Crippen LogP) is 2.99. The standard InChI is InChI=1S/C22H22F2N6O/c1-12-8-28(9-13(2)26-12)17-4-5-30-18(19(17)24)7-25-22(30)20(31)15-6-16(23)21-27-14(3)10-29(21)11-15/h4-7,10-13,26H,8-9H2,1-3H3/t12-,13-/m0/s1. The molecule has 0 spiro atoms. The molecule has 7 nitrogen and oxygen atoms in total. The third kappa shape index (κ3) is 3.25. The van der Waals surface area contributed by atoms with Crippen LogP contribution < -0.4 is 10.2 Å². The summed E-state index contributed by atoms with van der Waals surface area (Å²) in [5.41, 5.74) is 1.59. The maximum absolute atomic E-state index is 15.4. The Bertz CT molecular complexity index is 1320. The van der Waals surface area contributed by atoms with Gasteiger partial charge in [-0.2, -0.15) is 0 Å². The molecule has 160 valence electrons. The normalized spacial score (nSPS) is 19.5. The molecule has 1 aliphatic heterocycles. The zero-order valence-electron chi connectivity index (χ0n) is 17.4. The number of halogens is 2. The first-order chi connectivity index (χ1) is 14.8. The fourth-order valence-electron chi connectivity index (χ4n) is 4.39. The van der Waals surface area contributed by atoms with E-state index in [1.807, 2.05) is 4.90 Å². The van der Waals surface area contributed by atoms with Crippen LogP contribution >= 0.6 is 0 Å². The van der Waals surface area contributed by atoms with Crippen molar-refractivity contribution in [3.63, 3.8) is 0 Å². The van der Waals surface area contributed by atoms with E-state index in [0.717, 1.165) is 6.07 Å². The number of nitrogens with zero attached hydrogens (tertiary/aromatic N) is 5. The lowest BCUT2D eigenvalue weighted by atomic mass is 10.1. The summed E-state index contributed by atoms with van der Waals surface area (Å²) in [5.74, 6) is -1.50. The second-order valence-corrected chi connectivity index (χ2v) is 8.24. The first-order valence-corrected chi connectivity index (χ1v) is 10.2. The van der Waals surface area contributed by atoms with Gasteiger partial charge in [0.1, 0.15) is 5.52 Å². The maximum Gasteiger partial charge on any atom is 0.230 e. The van der Waals surface area contributed by atoms with Gasteiger partial charge in [0.15, 0.2) is 23.1 Å². The van der Waals surface area contributed by atoms with Gasteiger partial charge in [0, 0.05) is 49.3 Å². The van der Waals surface area contributed by atoms with Crippen molar-refractivity contribution in [1.29, 1.82) is 0 Å². The largest absolute Gasteiger partial charge is 0.366 e. The number of aryl methyl sites for hydroxylation is 1. The highest BCUT2D eigenvalue weighted by atomic mass is 19.1. The molecular formula is C22H22F2N6O. The van der Waals surface area contributed by atoms with Gasteiger partial charge in [0.05, 0.1) is 17.6 Å². The molecule has 9 heteroatoms.